The molecule has 0 radical (unpaired) electrons. The molecular formula is C15H22N2O3. The van der Waals surface area contributed by atoms with Crippen LogP contribution in [0, 0.1) is 5.92 Å². The standard InChI is InChI=1S/C15H22N2O3/c1-11(2)9-10-20-14(18)12-5-7-13(8-6-12)16-15(19)17(3)4/h5-8,11H,9-10H2,1-4H3,(H,16,19). The van der Waals surface area contributed by atoms with E-state index in [0.29, 0.717) is 23.8 Å². The zero-order valence-electron chi connectivity index (χ0n) is 12.5. The Morgan fingerprint density at radius 1 is 1.20 bits per heavy atom. The molecular weight excluding hydrogens is 256 g/mol. The van der Waals surface area contributed by atoms with Gasteiger partial charge in [0.1, 0.15) is 0 Å². The van der Waals surface area contributed by atoms with Crippen molar-refractivity contribution < 1.29 is 14.3 Å². The Bertz CT molecular complexity index is 453. The highest BCUT2D eigenvalue weighted by Gasteiger charge is 2.08. The molecule has 0 aliphatic rings. The van der Waals surface area contributed by atoms with Gasteiger partial charge in [-0.2, -0.15) is 0 Å². The van der Waals surface area contributed by atoms with Gasteiger partial charge >= 0.3 is 12.0 Å². The largest absolute Gasteiger partial charge is 0.462 e. The number of nitrogens with zero attached hydrogens (tertiary/aromatic N) is 1. The summed E-state index contributed by atoms with van der Waals surface area (Å²) in [5.74, 6) is 0.169. The molecule has 1 aromatic carbocycles. The first-order valence-electron chi connectivity index (χ1n) is 6.65. The van der Waals surface area contributed by atoms with E-state index in [2.05, 4.69) is 19.2 Å². The van der Waals surface area contributed by atoms with Crippen molar-refractivity contribution in [1.82, 2.24) is 4.90 Å². The second-order valence-corrected chi connectivity index (χ2v) is 5.22. The van der Waals surface area contributed by atoms with Crippen molar-refractivity contribution in [3.63, 3.8) is 0 Å². The molecule has 0 aromatic heterocycles. The second kappa shape index (κ2) is 7.53. The second-order valence-electron chi connectivity index (χ2n) is 5.22. The molecule has 0 bridgehead atoms. The maximum atomic E-state index is 11.8. The Morgan fingerprint density at radius 3 is 2.30 bits per heavy atom. The molecule has 2 amide bonds. The smallest absolute Gasteiger partial charge is 0.338 e. The fourth-order valence-corrected chi connectivity index (χ4v) is 1.40. The molecule has 0 fully saturated rings. The monoisotopic (exact) mass is 278 g/mol. The predicted octanol–water partition coefficient (Wildman–Crippen LogP) is 2.98. The van der Waals surface area contributed by atoms with Crippen LogP contribution in [0.2, 0.25) is 0 Å². The summed E-state index contributed by atoms with van der Waals surface area (Å²) in [7, 11) is 3.32. The van der Waals surface area contributed by atoms with Crippen molar-refractivity contribution in [2.75, 3.05) is 26.0 Å². The lowest BCUT2D eigenvalue weighted by molar-refractivity contribution is 0.0488. The van der Waals surface area contributed by atoms with E-state index in [9.17, 15) is 9.59 Å². The van der Waals surface area contributed by atoms with E-state index in [-0.39, 0.29) is 12.0 Å². The van der Waals surface area contributed by atoms with E-state index in [0.717, 1.165) is 6.42 Å². The molecule has 0 aliphatic heterocycles. The molecule has 1 aromatic rings. The van der Waals surface area contributed by atoms with Gasteiger partial charge in [0.25, 0.3) is 0 Å². The minimum atomic E-state index is -0.337. The molecule has 1 rings (SSSR count). The third kappa shape index (κ3) is 5.30. The van der Waals surface area contributed by atoms with E-state index in [4.69, 9.17) is 4.74 Å². The van der Waals surface area contributed by atoms with Crippen molar-refractivity contribution in [2.45, 2.75) is 20.3 Å². The molecule has 0 saturated heterocycles. The number of esters is 1. The summed E-state index contributed by atoms with van der Waals surface area (Å²) in [5, 5.41) is 2.70. The average Bonchev–Trinajstić information content (AvgIpc) is 2.38. The third-order valence-corrected chi connectivity index (χ3v) is 2.71. The molecule has 0 saturated carbocycles. The number of hydrogen-bond donors (Lipinski definition) is 1. The molecule has 5 nitrogen and oxygen atoms in total. The van der Waals surface area contributed by atoms with Crippen LogP contribution in [0.15, 0.2) is 24.3 Å². The normalized spacial score (nSPS) is 10.2. The molecule has 0 unspecified atom stereocenters. The lowest BCUT2D eigenvalue weighted by Crippen LogP contribution is -2.27. The fraction of sp³-hybridized carbons (Fsp3) is 0.467. The summed E-state index contributed by atoms with van der Waals surface area (Å²) in [6.07, 6.45) is 0.850. The van der Waals surface area contributed by atoms with E-state index in [1.165, 1.54) is 4.90 Å². The van der Waals surface area contributed by atoms with Crippen LogP contribution in [0.1, 0.15) is 30.6 Å². The van der Waals surface area contributed by atoms with E-state index in [1.807, 2.05) is 0 Å². The molecule has 0 atom stereocenters. The number of hydrogen-bond acceptors (Lipinski definition) is 3. The number of amides is 2. The van der Waals surface area contributed by atoms with Gasteiger partial charge < -0.3 is 15.0 Å². The summed E-state index contributed by atoms with van der Waals surface area (Å²) >= 11 is 0. The molecule has 20 heavy (non-hydrogen) atoms. The van der Waals surface area contributed by atoms with E-state index >= 15 is 0 Å². The van der Waals surface area contributed by atoms with Gasteiger partial charge in [0, 0.05) is 19.8 Å². The topological polar surface area (TPSA) is 58.6 Å². The van der Waals surface area contributed by atoms with Gasteiger partial charge in [-0.3, -0.25) is 0 Å². The van der Waals surface area contributed by atoms with Gasteiger partial charge in [-0.05, 0) is 36.6 Å². The highest BCUT2D eigenvalue weighted by molar-refractivity contribution is 5.92. The van der Waals surface area contributed by atoms with Crippen molar-refractivity contribution in [3.05, 3.63) is 29.8 Å². The van der Waals surface area contributed by atoms with E-state index in [1.54, 1.807) is 38.4 Å². The van der Waals surface area contributed by atoms with Crippen molar-refractivity contribution in [3.8, 4) is 0 Å². The van der Waals surface area contributed by atoms with Crippen LogP contribution >= 0.6 is 0 Å². The average molecular weight is 278 g/mol. The van der Waals surface area contributed by atoms with Crippen molar-refractivity contribution in [1.29, 1.82) is 0 Å². The number of anilines is 1. The van der Waals surface area contributed by atoms with Crippen LogP contribution < -0.4 is 5.32 Å². The lowest BCUT2D eigenvalue weighted by atomic mass is 10.1. The Kier molecular flexibility index (Phi) is 6.03. The van der Waals surface area contributed by atoms with Crippen LogP contribution in [-0.2, 0) is 4.74 Å². The number of benzene rings is 1. The van der Waals surface area contributed by atoms with Crippen LogP contribution in [-0.4, -0.2) is 37.6 Å². The Balaban J connectivity index is 2.53. The number of ether oxygens (including phenoxy) is 1. The summed E-state index contributed by atoms with van der Waals surface area (Å²) in [4.78, 5) is 24.6. The SMILES string of the molecule is CC(C)CCOC(=O)c1ccc(NC(=O)N(C)C)cc1. The number of rotatable bonds is 5. The minimum absolute atomic E-state index is 0.211. The maximum absolute atomic E-state index is 11.8. The zero-order chi connectivity index (χ0) is 15.1. The van der Waals surface area contributed by atoms with Crippen molar-refractivity contribution in [2.24, 2.45) is 5.92 Å². The highest BCUT2D eigenvalue weighted by Crippen LogP contribution is 2.11. The van der Waals surface area contributed by atoms with E-state index < -0.39 is 0 Å². The molecule has 0 spiro atoms. The number of carbonyl (C=O) groups is 2. The molecule has 0 heterocycles. The first-order valence-corrected chi connectivity index (χ1v) is 6.65. The van der Waals surface area contributed by atoms with Gasteiger partial charge in [-0.1, -0.05) is 13.8 Å². The summed E-state index contributed by atoms with van der Waals surface area (Å²) in [6, 6.07) is 6.43. The van der Waals surface area contributed by atoms with Crippen LogP contribution in [0.5, 0.6) is 0 Å². The first-order chi connectivity index (χ1) is 9.40. The van der Waals surface area contributed by atoms with Crippen molar-refractivity contribution >= 4 is 17.7 Å². The van der Waals surface area contributed by atoms with Gasteiger partial charge in [-0.15, -0.1) is 0 Å². The van der Waals surface area contributed by atoms with Crippen LogP contribution in [0.3, 0.4) is 0 Å². The molecule has 0 aliphatic carbocycles. The highest BCUT2D eigenvalue weighted by atomic mass is 16.5. The van der Waals surface area contributed by atoms with Crippen LogP contribution in [0.4, 0.5) is 10.5 Å². The Morgan fingerprint density at radius 2 is 1.80 bits per heavy atom. The Hall–Kier alpha value is -2.04. The molecule has 1 N–H and O–H groups in total. The van der Waals surface area contributed by atoms with Crippen LogP contribution in [0.25, 0.3) is 0 Å². The summed E-state index contributed by atoms with van der Waals surface area (Å²) in [5.41, 5.74) is 1.12. The summed E-state index contributed by atoms with van der Waals surface area (Å²) < 4.78 is 5.16. The quantitative estimate of drug-likeness (QED) is 0.842. The molecule has 5 heteroatoms. The molecule has 110 valence electrons. The van der Waals surface area contributed by atoms with Gasteiger partial charge in [0.05, 0.1) is 12.2 Å². The zero-order valence-corrected chi connectivity index (χ0v) is 12.5. The summed E-state index contributed by atoms with van der Waals surface area (Å²) in [6.45, 7) is 4.59. The van der Waals surface area contributed by atoms with Gasteiger partial charge in [0.2, 0.25) is 0 Å². The predicted molar refractivity (Wildman–Crippen MR) is 78.9 cm³/mol. The minimum Gasteiger partial charge on any atom is -0.462 e. The number of urea groups is 1. The maximum Gasteiger partial charge on any atom is 0.338 e. The first kappa shape index (κ1) is 16.0. The van der Waals surface area contributed by atoms with Gasteiger partial charge in [-0.25, -0.2) is 9.59 Å². The Labute approximate surface area is 119 Å². The number of nitrogens with one attached hydrogen (secondary N) is 1. The van der Waals surface area contributed by atoms with Gasteiger partial charge in [0.15, 0.2) is 0 Å². The number of carbonyl (C=O) groups excluding carboxylic acids is 2. The fourth-order valence-electron chi connectivity index (χ4n) is 1.40. The third-order valence-electron chi connectivity index (χ3n) is 2.71. The lowest BCUT2D eigenvalue weighted by Gasteiger charge is -2.12.